The van der Waals surface area contributed by atoms with Crippen molar-refractivity contribution >= 4 is 8.32 Å². The third-order valence-electron chi connectivity index (χ3n) is 4.36. The van der Waals surface area contributed by atoms with E-state index >= 15 is 0 Å². The number of rotatable bonds is 6. The topological polar surface area (TPSA) is 29.5 Å². The minimum atomic E-state index is -1.91. The minimum absolute atomic E-state index is 0.120. The molecule has 110 valence electrons. The molecule has 0 aliphatic carbocycles. The lowest BCUT2D eigenvalue weighted by Gasteiger charge is -2.45. The standard InChI is InChI=1S/C16H30O2Si/c1-10-12-14(16(6,7)13(17)11-2)18-19(8,9)15(3,4)5/h1,11,13-14,17H,2,12H2,3-9H3/t13-,14-/m1/s1. The Morgan fingerprint density at radius 1 is 1.32 bits per heavy atom. The summed E-state index contributed by atoms with van der Waals surface area (Å²) in [5.41, 5.74) is -0.441. The van der Waals surface area contributed by atoms with Crippen molar-refractivity contribution in [2.45, 2.75) is 71.4 Å². The van der Waals surface area contributed by atoms with Gasteiger partial charge < -0.3 is 9.53 Å². The lowest BCUT2D eigenvalue weighted by Crippen LogP contribution is -2.50. The zero-order valence-electron chi connectivity index (χ0n) is 13.6. The minimum Gasteiger partial charge on any atom is -0.412 e. The van der Waals surface area contributed by atoms with Crippen molar-refractivity contribution in [2.24, 2.45) is 5.41 Å². The molecule has 0 amide bonds. The Labute approximate surface area is 120 Å². The Bertz CT molecular complexity index is 345. The molecule has 0 unspecified atom stereocenters. The largest absolute Gasteiger partial charge is 0.412 e. The van der Waals surface area contributed by atoms with Crippen LogP contribution in [0.2, 0.25) is 18.1 Å². The normalized spacial score (nSPS) is 16.6. The van der Waals surface area contributed by atoms with Crippen LogP contribution in [0.1, 0.15) is 41.0 Å². The van der Waals surface area contributed by atoms with Crippen molar-refractivity contribution in [1.82, 2.24) is 0 Å². The van der Waals surface area contributed by atoms with Crippen LogP contribution in [0.3, 0.4) is 0 Å². The van der Waals surface area contributed by atoms with Crippen LogP contribution in [0.15, 0.2) is 12.7 Å². The monoisotopic (exact) mass is 282 g/mol. The van der Waals surface area contributed by atoms with E-state index in [1.807, 2.05) is 13.8 Å². The van der Waals surface area contributed by atoms with Gasteiger partial charge in [0.05, 0.1) is 12.2 Å². The van der Waals surface area contributed by atoms with E-state index in [4.69, 9.17) is 10.8 Å². The fourth-order valence-corrected chi connectivity index (χ4v) is 3.04. The Morgan fingerprint density at radius 3 is 2.11 bits per heavy atom. The molecule has 1 N–H and O–H groups in total. The molecule has 0 bridgehead atoms. The quantitative estimate of drug-likeness (QED) is 0.454. The highest BCUT2D eigenvalue weighted by Crippen LogP contribution is 2.41. The average Bonchev–Trinajstić information content (AvgIpc) is 2.25. The van der Waals surface area contributed by atoms with Gasteiger partial charge in [-0.3, -0.25) is 0 Å². The lowest BCUT2D eigenvalue weighted by molar-refractivity contribution is -0.0152. The molecule has 0 rings (SSSR count). The van der Waals surface area contributed by atoms with Gasteiger partial charge in [-0.15, -0.1) is 18.9 Å². The Morgan fingerprint density at radius 2 is 1.79 bits per heavy atom. The first-order valence-corrected chi connectivity index (χ1v) is 9.73. The predicted molar refractivity (Wildman–Crippen MR) is 85.5 cm³/mol. The van der Waals surface area contributed by atoms with Gasteiger partial charge in [-0.25, -0.2) is 0 Å². The summed E-state index contributed by atoms with van der Waals surface area (Å²) in [4.78, 5) is 0. The highest BCUT2D eigenvalue weighted by atomic mass is 28.4. The van der Waals surface area contributed by atoms with E-state index in [1.54, 1.807) is 6.08 Å². The number of hydrogen-bond donors (Lipinski definition) is 1. The molecule has 0 saturated carbocycles. The van der Waals surface area contributed by atoms with E-state index in [1.165, 1.54) is 0 Å². The van der Waals surface area contributed by atoms with Gasteiger partial charge in [-0.2, -0.15) is 0 Å². The smallest absolute Gasteiger partial charge is 0.192 e. The Hall–Kier alpha value is -0.563. The molecule has 0 spiro atoms. The maximum atomic E-state index is 10.1. The summed E-state index contributed by atoms with van der Waals surface area (Å²) < 4.78 is 6.42. The van der Waals surface area contributed by atoms with E-state index in [-0.39, 0.29) is 11.1 Å². The molecule has 0 radical (unpaired) electrons. The van der Waals surface area contributed by atoms with E-state index < -0.39 is 19.8 Å². The van der Waals surface area contributed by atoms with Gasteiger partial charge in [-0.1, -0.05) is 40.7 Å². The second-order valence-corrected chi connectivity index (χ2v) is 12.0. The summed E-state index contributed by atoms with van der Waals surface area (Å²) in [5.74, 6) is 2.68. The van der Waals surface area contributed by atoms with E-state index in [0.717, 1.165) is 0 Å². The fourth-order valence-electron chi connectivity index (χ4n) is 1.59. The van der Waals surface area contributed by atoms with Crippen LogP contribution >= 0.6 is 0 Å². The van der Waals surface area contributed by atoms with Crippen LogP contribution < -0.4 is 0 Å². The second-order valence-electron chi connectivity index (χ2n) is 7.28. The molecule has 0 saturated heterocycles. The molecule has 2 nitrogen and oxygen atoms in total. The molecule has 0 fully saturated rings. The van der Waals surface area contributed by atoms with Crippen molar-refractivity contribution < 1.29 is 9.53 Å². The van der Waals surface area contributed by atoms with Crippen molar-refractivity contribution in [1.29, 1.82) is 0 Å². The molecule has 0 aliphatic rings. The van der Waals surface area contributed by atoms with Gasteiger partial charge in [0.1, 0.15) is 0 Å². The first kappa shape index (κ1) is 18.4. The fraction of sp³-hybridized carbons (Fsp3) is 0.750. The highest BCUT2D eigenvalue weighted by Gasteiger charge is 2.44. The van der Waals surface area contributed by atoms with Crippen LogP contribution in [-0.2, 0) is 4.43 Å². The van der Waals surface area contributed by atoms with Crippen LogP contribution in [0.4, 0.5) is 0 Å². The van der Waals surface area contributed by atoms with Crippen LogP contribution in [0.25, 0.3) is 0 Å². The number of terminal acetylenes is 1. The van der Waals surface area contributed by atoms with Crippen LogP contribution in [0.5, 0.6) is 0 Å². The molecule has 0 aromatic rings. The zero-order valence-corrected chi connectivity index (χ0v) is 14.6. The number of aliphatic hydroxyl groups is 1. The second kappa shape index (κ2) is 6.26. The molecular formula is C16H30O2Si. The first-order chi connectivity index (χ1) is 8.40. The predicted octanol–water partition coefficient (Wildman–Crippen LogP) is 3.97. The van der Waals surface area contributed by atoms with E-state index in [0.29, 0.717) is 6.42 Å². The summed E-state index contributed by atoms with van der Waals surface area (Å²) in [5, 5.41) is 10.3. The first-order valence-electron chi connectivity index (χ1n) is 6.82. The maximum absolute atomic E-state index is 10.1. The number of hydrogen-bond acceptors (Lipinski definition) is 2. The van der Waals surface area contributed by atoms with Crippen molar-refractivity contribution in [3.63, 3.8) is 0 Å². The molecule has 3 heteroatoms. The summed E-state index contributed by atoms with van der Waals surface area (Å²) in [6.07, 6.45) is 6.74. The molecule has 19 heavy (non-hydrogen) atoms. The van der Waals surface area contributed by atoms with Crippen molar-refractivity contribution in [2.75, 3.05) is 0 Å². The summed E-state index contributed by atoms with van der Waals surface area (Å²) in [6, 6.07) is 0. The molecule has 0 aromatic carbocycles. The molecule has 0 aliphatic heterocycles. The third kappa shape index (κ3) is 4.49. The van der Waals surface area contributed by atoms with Gasteiger partial charge in [0, 0.05) is 11.8 Å². The van der Waals surface area contributed by atoms with E-state index in [9.17, 15) is 5.11 Å². The van der Waals surface area contributed by atoms with Crippen LogP contribution in [-0.4, -0.2) is 25.6 Å². The summed E-state index contributed by atoms with van der Waals surface area (Å²) in [7, 11) is -1.91. The Balaban J connectivity index is 5.26. The third-order valence-corrected chi connectivity index (χ3v) is 8.85. The summed E-state index contributed by atoms with van der Waals surface area (Å²) >= 11 is 0. The van der Waals surface area contributed by atoms with Gasteiger partial charge >= 0.3 is 0 Å². The van der Waals surface area contributed by atoms with Gasteiger partial charge in [0.2, 0.25) is 0 Å². The zero-order chi connectivity index (χ0) is 15.5. The molecular weight excluding hydrogens is 252 g/mol. The van der Waals surface area contributed by atoms with Crippen LogP contribution in [0, 0.1) is 17.8 Å². The SMILES string of the molecule is C#CC[C@@H](O[Si](C)(C)C(C)(C)C)C(C)(C)[C@H](O)C=C. The highest BCUT2D eigenvalue weighted by molar-refractivity contribution is 6.74. The average molecular weight is 282 g/mol. The Kier molecular flexibility index (Phi) is 6.07. The number of aliphatic hydroxyl groups excluding tert-OH is 1. The molecule has 0 aromatic heterocycles. The van der Waals surface area contributed by atoms with Crippen molar-refractivity contribution in [3.8, 4) is 12.3 Å². The maximum Gasteiger partial charge on any atom is 0.192 e. The molecule has 0 heterocycles. The van der Waals surface area contributed by atoms with Crippen molar-refractivity contribution in [3.05, 3.63) is 12.7 Å². The molecule has 2 atom stereocenters. The summed E-state index contributed by atoms with van der Waals surface area (Å²) in [6.45, 7) is 18.6. The van der Waals surface area contributed by atoms with Gasteiger partial charge in [-0.05, 0) is 18.1 Å². The van der Waals surface area contributed by atoms with Gasteiger partial charge in [0.25, 0.3) is 0 Å². The van der Waals surface area contributed by atoms with E-state index in [2.05, 4.69) is 46.4 Å². The van der Waals surface area contributed by atoms with Gasteiger partial charge in [0.15, 0.2) is 8.32 Å². The lowest BCUT2D eigenvalue weighted by atomic mass is 9.79.